The van der Waals surface area contributed by atoms with Crippen molar-refractivity contribution >= 4 is 11.8 Å². The first kappa shape index (κ1) is 24.2. The molecule has 0 aromatic carbocycles. The lowest BCUT2D eigenvalue weighted by atomic mass is 9.47. The summed E-state index contributed by atoms with van der Waals surface area (Å²) < 4.78 is 6.43. The van der Waals surface area contributed by atoms with Gasteiger partial charge in [0.1, 0.15) is 6.10 Å². The molecule has 6 aliphatic rings. The lowest BCUT2D eigenvalue weighted by Gasteiger charge is -2.57. The van der Waals surface area contributed by atoms with Gasteiger partial charge in [0.2, 0.25) is 0 Å². The lowest BCUT2D eigenvalue weighted by molar-refractivity contribution is -0.166. The number of esters is 1. The van der Waals surface area contributed by atoms with Crippen molar-refractivity contribution in [3.05, 3.63) is 11.6 Å². The molecule has 0 aromatic rings. The van der Waals surface area contributed by atoms with E-state index in [1.165, 1.54) is 76.2 Å². The highest BCUT2D eigenvalue weighted by atomic mass is 16.5. The van der Waals surface area contributed by atoms with Crippen LogP contribution >= 0.6 is 0 Å². The van der Waals surface area contributed by atoms with Crippen molar-refractivity contribution < 1.29 is 14.3 Å². The quantitative estimate of drug-likeness (QED) is 0.387. The molecule has 3 nitrogen and oxygen atoms in total. The second-order valence-corrected chi connectivity index (χ2v) is 14.0. The standard InChI is InChI=1S/C32H48O3/c1-31-18-16-25(33)20-24(31)12-13-26-27-14-15-29(32(27,2)19-17-28(26)31)35-30(34)23-10-8-22(9-11-23)21-6-4-3-5-7-21/h20-23,26-29H,3-19H2,1-2H3/t22?,23?,26-,27-,28-,29-,31-,32-/m0/s1. The van der Waals surface area contributed by atoms with Crippen LogP contribution in [0.25, 0.3) is 0 Å². The first-order chi connectivity index (χ1) is 16.9. The van der Waals surface area contributed by atoms with Crippen molar-refractivity contribution in [2.24, 2.45) is 46.3 Å². The van der Waals surface area contributed by atoms with E-state index in [2.05, 4.69) is 13.8 Å². The minimum absolute atomic E-state index is 0.120. The Morgan fingerprint density at radius 2 is 1.54 bits per heavy atom. The Morgan fingerprint density at radius 1 is 0.800 bits per heavy atom. The Labute approximate surface area is 213 Å². The summed E-state index contributed by atoms with van der Waals surface area (Å²) >= 11 is 0. The maximum atomic E-state index is 13.3. The molecular formula is C32H48O3. The second kappa shape index (κ2) is 9.32. The zero-order valence-electron chi connectivity index (χ0n) is 22.4. The van der Waals surface area contributed by atoms with Gasteiger partial charge >= 0.3 is 5.97 Å². The van der Waals surface area contributed by atoms with Gasteiger partial charge < -0.3 is 4.74 Å². The average Bonchev–Trinajstić information content (AvgIpc) is 3.21. The van der Waals surface area contributed by atoms with Gasteiger partial charge in [-0.25, -0.2) is 0 Å². The van der Waals surface area contributed by atoms with Crippen molar-refractivity contribution in [2.45, 2.75) is 129 Å². The summed E-state index contributed by atoms with van der Waals surface area (Å²) in [7, 11) is 0. The van der Waals surface area contributed by atoms with E-state index in [1.54, 1.807) is 0 Å². The van der Waals surface area contributed by atoms with Crippen molar-refractivity contribution in [1.29, 1.82) is 0 Å². The van der Waals surface area contributed by atoms with Crippen LogP contribution in [0.1, 0.15) is 123 Å². The fourth-order valence-electron chi connectivity index (χ4n) is 10.4. The highest BCUT2D eigenvalue weighted by Gasteiger charge is 2.60. The molecule has 5 saturated carbocycles. The van der Waals surface area contributed by atoms with Crippen LogP contribution in [0, 0.1) is 46.3 Å². The van der Waals surface area contributed by atoms with Gasteiger partial charge in [0, 0.05) is 11.8 Å². The highest BCUT2D eigenvalue weighted by Crippen LogP contribution is 2.65. The van der Waals surface area contributed by atoms with Crippen molar-refractivity contribution in [3.63, 3.8) is 0 Å². The van der Waals surface area contributed by atoms with E-state index < -0.39 is 0 Å². The number of carbonyl (C=O) groups excluding carboxylic acids is 2. The largest absolute Gasteiger partial charge is 0.462 e. The van der Waals surface area contributed by atoms with E-state index in [1.807, 2.05) is 6.08 Å². The zero-order chi connectivity index (χ0) is 24.2. The Hall–Kier alpha value is -1.12. The van der Waals surface area contributed by atoms with Crippen LogP contribution in [0.3, 0.4) is 0 Å². The van der Waals surface area contributed by atoms with E-state index in [0.717, 1.165) is 56.3 Å². The molecule has 0 amide bonds. The molecule has 0 N–H and O–H groups in total. The Bertz CT molecular complexity index is 860. The molecule has 35 heavy (non-hydrogen) atoms. The SMILES string of the molecule is C[C@]12CC[C@H]3[C@@H](CCC4=CC(=O)CC[C@@]43C)[C@@H]1CC[C@@H]2OC(=O)C1CCC(C2CCCCC2)CC1. The first-order valence-electron chi connectivity index (χ1n) is 15.3. The predicted molar refractivity (Wildman–Crippen MR) is 139 cm³/mol. The molecule has 6 aliphatic carbocycles. The third-order valence-electron chi connectivity index (χ3n) is 12.6. The van der Waals surface area contributed by atoms with Gasteiger partial charge in [-0.2, -0.15) is 0 Å². The van der Waals surface area contributed by atoms with Gasteiger partial charge in [-0.3, -0.25) is 9.59 Å². The molecule has 0 spiro atoms. The normalized spacial score (nSPS) is 46.2. The third-order valence-corrected chi connectivity index (χ3v) is 12.6. The predicted octanol–water partition coefficient (Wildman–Crippen LogP) is 7.82. The van der Waals surface area contributed by atoms with Crippen LogP contribution in [0.4, 0.5) is 0 Å². The molecule has 6 rings (SSSR count). The summed E-state index contributed by atoms with van der Waals surface area (Å²) in [5, 5.41) is 0. The van der Waals surface area contributed by atoms with E-state index in [9.17, 15) is 9.59 Å². The monoisotopic (exact) mass is 480 g/mol. The van der Waals surface area contributed by atoms with E-state index in [-0.39, 0.29) is 28.8 Å². The fraction of sp³-hybridized carbons (Fsp3) is 0.875. The van der Waals surface area contributed by atoms with E-state index in [0.29, 0.717) is 17.6 Å². The number of ether oxygens (including phenoxy) is 1. The molecule has 3 heteroatoms. The number of hydrogen-bond acceptors (Lipinski definition) is 3. The van der Waals surface area contributed by atoms with Crippen LogP contribution in [-0.2, 0) is 14.3 Å². The maximum absolute atomic E-state index is 13.3. The highest BCUT2D eigenvalue weighted by molar-refractivity contribution is 5.91. The summed E-state index contributed by atoms with van der Waals surface area (Å²) in [4.78, 5) is 25.4. The molecule has 194 valence electrons. The molecule has 0 heterocycles. The zero-order valence-corrected chi connectivity index (χ0v) is 22.4. The number of allylic oxidation sites excluding steroid dienone is 1. The molecule has 5 fully saturated rings. The molecule has 0 radical (unpaired) electrons. The van der Waals surface area contributed by atoms with Gasteiger partial charge in [0.15, 0.2) is 5.78 Å². The van der Waals surface area contributed by atoms with Crippen molar-refractivity contribution in [2.75, 3.05) is 0 Å². The molecule has 0 unspecified atom stereocenters. The van der Waals surface area contributed by atoms with Gasteiger partial charge in [0.25, 0.3) is 0 Å². The number of hydrogen-bond donors (Lipinski definition) is 0. The van der Waals surface area contributed by atoms with Gasteiger partial charge in [-0.1, -0.05) is 51.5 Å². The minimum atomic E-state index is 0.120. The molecule has 6 atom stereocenters. The van der Waals surface area contributed by atoms with Crippen LogP contribution in [-0.4, -0.2) is 17.9 Å². The number of carbonyl (C=O) groups is 2. The molecule has 0 aliphatic heterocycles. The van der Waals surface area contributed by atoms with Gasteiger partial charge in [-0.05, 0) is 112 Å². The fourth-order valence-corrected chi connectivity index (χ4v) is 10.4. The van der Waals surface area contributed by atoms with Crippen LogP contribution in [0.15, 0.2) is 11.6 Å². The van der Waals surface area contributed by atoms with E-state index in [4.69, 9.17) is 4.74 Å². The summed E-state index contributed by atoms with van der Waals surface area (Å²) in [6.45, 7) is 4.91. The smallest absolute Gasteiger partial charge is 0.309 e. The summed E-state index contributed by atoms with van der Waals surface area (Å²) in [5.41, 5.74) is 1.82. The van der Waals surface area contributed by atoms with Crippen molar-refractivity contribution in [3.8, 4) is 0 Å². The Morgan fingerprint density at radius 3 is 2.31 bits per heavy atom. The Balaban J connectivity index is 1.08. The van der Waals surface area contributed by atoms with Crippen molar-refractivity contribution in [1.82, 2.24) is 0 Å². The second-order valence-electron chi connectivity index (χ2n) is 14.0. The van der Waals surface area contributed by atoms with Gasteiger partial charge in [0.05, 0.1) is 5.92 Å². The molecule has 0 aromatic heterocycles. The topological polar surface area (TPSA) is 43.4 Å². The lowest BCUT2D eigenvalue weighted by Crippen LogP contribution is -2.51. The molecule has 0 bridgehead atoms. The number of fused-ring (bicyclic) bond motifs is 5. The molecular weight excluding hydrogens is 432 g/mol. The number of rotatable bonds is 3. The number of ketones is 1. The van der Waals surface area contributed by atoms with Crippen LogP contribution < -0.4 is 0 Å². The van der Waals surface area contributed by atoms with Gasteiger partial charge in [-0.15, -0.1) is 0 Å². The Kier molecular flexibility index (Phi) is 6.45. The summed E-state index contributed by atoms with van der Waals surface area (Å²) in [6.07, 6.45) is 22.7. The summed E-state index contributed by atoms with van der Waals surface area (Å²) in [6, 6.07) is 0. The first-order valence-corrected chi connectivity index (χ1v) is 15.3. The van der Waals surface area contributed by atoms with E-state index >= 15 is 0 Å². The average molecular weight is 481 g/mol. The summed E-state index contributed by atoms with van der Waals surface area (Å²) in [5.74, 6) is 4.54. The molecule has 0 saturated heterocycles. The van der Waals surface area contributed by atoms with Crippen LogP contribution in [0.5, 0.6) is 0 Å². The minimum Gasteiger partial charge on any atom is -0.462 e. The third kappa shape index (κ3) is 4.15. The van der Waals surface area contributed by atoms with Crippen LogP contribution in [0.2, 0.25) is 0 Å². The maximum Gasteiger partial charge on any atom is 0.309 e.